The lowest BCUT2D eigenvalue weighted by Gasteiger charge is -2.17. The number of alkyl halides is 3. The highest BCUT2D eigenvalue weighted by Gasteiger charge is 2.36. The van der Waals surface area contributed by atoms with Crippen LogP contribution in [-0.4, -0.2) is 11.1 Å². The van der Waals surface area contributed by atoms with Crippen molar-refractivity contribution in [3.63, 3.8) is 0 Å². The number of halogens is 4. The van der Waals surface area contributed by atoms with Gasteiger partial charge in [-0.05, 0) is 12.1 Å². The molecule has 1 rings (SSSR count). The summed E-state index contributed by atoms with van der Waals surface area (Å²) >= 11 is 0. The molecule has 7 heteroatoms. The molecule has 1 unspecified atom stereocenters. The third-order valence-electron chi connectivity index (χ3n) is 2.12. The third kappa shape index (κ3) is 3.16. The summed E-state index contributed by atoms with van der Waals surface area (Å²) in [5, 5.41) is 8.45. The van der Waals surface area contributed by atoms with Crippen LogP contribution in [0.3, 0.4) is 0 Å². The van der Waals surface area contributed by atoms with Gasteiger partial charge in [-0.3, -0.25) is 4.79 Å². The van der Waals surface area contributed by atoms with E-state index in [0.29, 0.717) is 6.07 Å². The average Bonchev–Trinajstić information content (AvgIpc) is 2.14. The molecule has 0 aliphatic carbocycles. The number of carboxylic acid groups (broad SMARTS) is 1. The van der Waals surface area contributed by atoms with Crippen molar-refractivity contribution < 1.29 is 27.5 Å². The van der Waals surface area contributed by atoms with Gasteiger partial charge in [0, 0.05) is 11.6 Å². The molecule has 1 aromatic carbocycles. The molecule has 0 saturated carbocycles. The van der Waals surface area contributed by atoms with Gasteiger partial charge in [0.1, 0.15) is 5.82 Å². The number of carboxylic acids is 1. The Morgan fingerprint density at radius 2 is 2.00 bits per heavy atom. The Morgan fingerprint density at radius 3 is 2.47 bits per heavy atom. The normalized spacial score (nSPS) is 13.5. The maximum atomic E-state index is 13.3. The Labute approximate surface area is 93.8 Å². The van der Waals surface area contributed by atoms with Gasteiger partial charge in [0.2, 0.25) is 0 Å². The molecular weight excluding hydrogens is 242 g/mol. The van der Waals surface area contributed by atoms with E-state index in [1.807, 2.05) is 0 Å². The Bertz CT molecular complexity index is 431. The van der Waals surface area contributed by atoms with Crippen LogP contribution < -0.4 is 5.73 Å². The number of nitrogens with two attached hydrogens (primary N) is 1. The second kappa shape index (κ2) is 4.70. The van der Waals surface area contributed by atoms with Gasteiger partial charge < -0.3 is 10.8 Å². The van der Waals surface area contributed by atoms with Crippen LogP contribution in [0.5, 0.6) is 0 Å². The molecule has 3 N–H and O–H groups in total. The van der Waals surface area contributed by atoms with Crippen LogP contribution in [-0.2, 0) is 11.0 Å². The molecule has 1 atom stereocenters. The van der Waals surface area contributed by atoms with E-state index in [4.69, 9.17) is 10.8 Å². The van der Waals surface area contributed by atoms with Crippen LogP contribution in [0.25, 0.3) is 0 Å². The molecular formula is C10H9F4NO2. The van der Waals surface area contributed by atoms with Crippen molar-refractivity contribution in [3.05, 3.63) is 35.1 Å². The highest BCUT2D eigenvalue weighted by molar-refractivity contribution is 5.68. The summed E-state index contributed by atoms with van der Waals surface area (Å²) < 4.78 is 51.0. The van der Waals surface area contributed by atoms with Crippen molar-refractivity contribution >= 4 is 5.97 Å². The molecule has 0 aliphatic heterocycles. The molecule has 0 aromatic heterocycles. The average molecular weight is 251 g/mol. The van der Waals surface area contributed by atoms with Crippen LogP contribution in [0.2, 0.25) is 0 Å². The minimum atomic E-state index is -4.77. The van der Waals surface area contributed by atoms with E-state index < -0.39 is 41.6 Å². The lowest BCUT2D eigenvalue weighted by atomic mass is 9.97. The first-order valence-electron chi connectivity index (χ1n) is 4.56. The molecule has 0 aliphatic rings. The molecule has 0 heterocycles. The van der Waals surface area contributed by atoms with E-state index in [0.717, 1.165) is 12.1 Å². The molecule has 3 nitrogen and oxygen atoms in total. The van der Waals surface area contributed by atoms with Crippen LogP contribution in [0.4, 0.5) is 17.6 Å². The van der Waals surface area contributed by atoms with Gasteiger partial charge in [0.05, 0.1) is 12.0 Å². The molecule has 0 spiro atoms. The number of rotatable bonds is 3. The Balaban J connectivity index is 3.25. The Hall–Kier alpha value is -1.63. The fourth-order valence-corrected chi connectivity index (χ4v) is 1.45. The maximum absolute atomic E-state index is 13.3. The topological polar surface area (TPSA) is 63.3 Å². The number of carbonyl (C=O) groups is 1. The van der Waals surface area contributed by atoms with Gasteiger partial charge in [-0.15, -0.1) is 0 Å². The largest absolute Gasteiger partial charge is 0.481 e. The monoisotopic (exact) mass is 251 g/mol. The van der Waals surface area contributed by atoms with E-state index in [1.165, 1.54) is 0 Å². The lowest BCUT2D eigenvalue weighted by Crippen LogP contribution is -2.21. The summed E-state index contributed by atoms with van der Waals surface area (Å²) in [4.78, 5) is 10.4. The SMILES string of the molecule is NC(CC(=O)O)c1c(F)cccc1C(F)(F)F. The van der Waals surface area contributed by atoms with Crippen molar-refractivity contribution in [1.29, 1.82) is 0 Å². The molecule has 0 radical (unpaired) electrons. The van der Waals surface area contributed by atoms with Gasteiger partial charge in [0.15, 0.2) is 0 Å². The number of aliphatic carboxylic acids is 1. The second-order valence-corrected chi connectivity index (χ2v) is 3.40. The molecule has 94 valence electrons. The van der Waals surface area contributed by atoms with Crippen molar-refractivity contribution in [2.45, 2.75) is 18.6 Å². The predicted molar refractivity (Wildman–Crippen MR) is 50.6 cm³/mol. The predicted octanol–water partition coefficient (Wildman–Crippen LogP) is 2.32. The van der Waals surface area contributed by atoms with Gasteiger partial charge in [-0.25, -0.2) is 4.39 Å². The van der Waals surface area contributed by atoms with Crippen LogP contribution in [0.15, 0.2) is 18.2 Å². The highest BCUT2D eigenvalue weighted by Crippen LogP contribution is 2.35. The van der Waals surface area contributed by atoms with E-state index in [1.54, 1.807) is 0 Å². The second-order valence-electron chi connectivity index (χ2n) is 3.40. The first-order valence-corrected chi connectivity index (χ1v) is 4.56. The molecule has 0 saturated heterocycles. The first kappa shape index (κ1) is 13.4. The first-order chi connectivity index (χ1) is 7.73. The van der Waals surface area contributed by atoms with Gasteiger partial charge in [-0.1, -0.05) is 6.07 Å². The lowest BCUT2D eigenvalue weighted by molar-refractivity contribution is -0.140. The van der Waals surface area contributed by atoms with Crippen molar-refractivity contribution in [3.8, 4) is 0 Å². The summed E-state index contributed by atoms with van der Waals surface area (Å²) in [6.07, 6.45) is -5.54. The number of benzene rings is 1. The smallest absolute Gasteiger partial charge is 0.416 e. The Morgan fingerprint density at radius 1 is 1.41 bits per heavy atom. The van der Waals surface area contributed by atoms with E-state index in [9.17, 15) is 22.4 Å². The van der Waals surface area contributed by atoms with Gasteiger partial charge >= 0.3 is 12.1 Å². The maximum Gasteiger partial charge on any atom is 0.416 e. The fourth-order valence-electron chi connectivity index (χ4n) is 1.45. The van der Waals surface area contributed by atoms with E-state index >= 15 is 0 Å². The Kier molecular flexibility index (Phi) is 3.72. The zero-order valence-electron chi connectivity index (χ0n) is 8.46. The van der Waals surface area contributed by atoms with Gasteiger partial charge in [-0.2, -0.15) is 13.2 Å². The van der Waals surface area contributed by atoms with Crippen molar-refractivity contribution in [2.75, 3.05) is 0 Å². The number of hydrogen-bond donors (Lipinski definition) is 2. The van der Waals surface area contributed by atoms with Crippen LogP contribution in [0.1, 0.15) is 23.6 Å². The standard InChI is InChI=1S/C10H9F4NO2/c11-6-3-1-2-5(10(12,13)14)9(6)7(15)4-8(16)17/h1-3,7H,4,15H2,(H,16,17). The molecule has 0 bridgehead atoms. The fraction of sp³-hybridized carbons (Fsp3) is 0.300. The summed E-state index contributed by atoms with van der Waals surface area (Å²) in [6.45, 7) is 0. The van der Waals surface area contributed by atoms with E-state index in [-0.39, 0.29) is 0 Å². The van der Waals surface area contributed by atoms with Crippen molar-refractivity contribution in [1.82, 2.24) is 0 Å². The third-order valence-corrected chi connectivity index (χ3v) is 2.12. The summed E-state index contributed by atoms with van der Waals surface area (Å²) in [5.74, 6) is -2.55. The van der Waals surface area contributed by atoms with Gasteiger partial charge in [0.25, 0.3) is 0 Å². The van der Waals surface area contributed by atoms with E-state index in [2.05, 4.69) is 0 Å². The van der Waals surface area contributed by atoms with Crippen LogP contribution >= 0.6 is 0 Å². The molecule has 1 aromatic rings. The number of hydrogen-bond acceptors (Lipinski definition) is 2. The minimum absolute atomic E-state index is 0.667. The molecule has 0 fully saturated rings. The van der Waals surface area contributed by atoms with Crippen molar-refractivity contribution in [2.24, 2.45) is 5.73 Å². The molecule has 0 amide bonds. The minimum Gasteiger partial charge on any atom is -0.481 e. The molecule has 17 heavy (non-hydrogen) atoms. The van der Waals surface area contributed by atoms with Crippen LogP contribution in [0, 0.1) is 5.82 Å². The highest BCUT2D eigenvalue weighted by atomic mass is 19.4. The summed E-state index contributed by atoms with van der Waals surface area (Å²) in [7, 11) is 0. The zero-order valence-corrected chi connectivity index (χ0v) is 8.46. The quantitative estimate of drug-likeness (QED) is 0.810. The summed E-state index contributed by atoms with van der Waals surface area (Å²) in [6, 6.07) is 0.840. The zero-order chi connectivity index (χ0) is 13.2. The summed E-state index contributed by atoms with van der Waals surface area (Å²) in [5.41, 5.74) is 3.21.